The summed E-state index contributed by atoms with van der Waals surface area (Å²) in [6, 6.07) is 8.12. The van der Waals surface area contributed by atoms with Gasteiger partial charge < -0.3 is 10.1 Å². The van der Waals surface area contributed by atoms with E-state index in [-0.39, 0.29) is 6.23 Å². The maximum absolute atomic E-state index is 6.34. The van der Waals surface area contributed by atoms with Gasteiger partial charge in [0.15, 0.2) is 11.9 Å². The van der Waals surface area contributed by atoms with E-state index in [1.807, 2.05) is 24.3 Å². The van der Waals surface area contributed by atoms with Crippen molar-refractivity contribution in [2.75, 3.05) is 11.1 Å². The second-order valence-corrected chi connectivity index (χ2v) is 7.65. The Morgan fingerprint density at radius 3 is 3.04 bits per heavy atom. The molecule has 1 aliphatic carbocycles. The number of thioether (sulfide) groups is 1. The van der Waals surface area contributed by atoms with Crippen molar-refractivity contribution in [1.82, 2.24) is 15.2 Å². The first-order valence-electron chi connectivity index (χ1n) is 8.91. The topological polar surface area (TPSA) is 59.9 Å². The Balaban J connectivity index is 1.71. The summed E-state index contributed by atoms with van der Waals surface area (Å²) in [5.74, 6) is 1.70. The average Bonchev–Trinajstić information content (AvgIpc) is 2.83. The van der Waals surface area contributed by atoms with E-state index in [9.17, 15) is 0 Å². The third-order valence-electron chi connectivity index (χ3n) is 4.79. The van der Waals surface area contributed by atoms with E-state index in [1.54, 1.807) is 0 Å². The van der Waals surface area contributed by atoms with Crippen molar-refractivity contribution in [3.05, 3.63) is 48.6 Å². The van der Waals surface area contributed by atoms with Gasteiger partial charge in [0.2, 0.25) is 11.0 Å². The summed E-state index contributed by atoms with van der Waals surface area (Å²) in [5, 5.41) is 12.9. The monoisotopic (exact) mass is 366 g/mol. The van der Waals surface area contributed by atoms with Gasteiger partial charge in [0.25, 0.3) is 0 Å². The molecule has 2 heterocycles. The lowest BCUT2D eigenvalue weighted by Gasteiger charge is -2.29. The number of aromatic nitrogens is 3. The molecule has 0 amide bonds. The molecular weight excluding hydrogens is 344 g/mol. The summed E-state index contributed by atoms with van der Waals surface area (Å²) in [7, 11) is 0. The second kappa shape index (κ2) is 7.50. The number of nitrogens with one attached hydrogen (secondary N) is 1. The van der Waals surface area contributed by atoms with Crippen LogP contribution in [-0.2, 0) is 0 Å². The van der Waals surface area contributed by atoms with Crippen molar-refractivity contribution in [3.8, 4) is 17.1 Å². The van der Waals surface area contributed by atoms with Gasteiger partial charge in [-0.25, -0.2) is 0 Å². The molecule has 6 heteroatoms. The molecule has 2 unspecified atom stereocenters. The number of fused-ring (bicyclic) bond motifs is 3. The Morgan fingerprint density at radius 2 is 2.23 bits per heavy atom. The van der Waals surface area contributed by atoms with E-state index in [0.29, 0.717) is 22.6 Å². The fourth-order valence-electron chi connectivity index (χ4n) is 3.34. The van der Waals surface area contributed by atoms with Crippen LogP contribution in [-0.4, -0.2) is 27.2 Å². The minimum absolute atomic E-state index is 0.129. The number of hydrogen-bond acceptors (Lipinski definition) is 6. The smallest absolute Gasteiger partial charge is 0.247 e. The highest BCUT2D eigenvalue weighted by molar-refractivity contribution is 7.99. The summed E-state index contributed by atoms with van der Waals surface area (Å²) < 4.78 is 6.34. The Labute approximate surface area is 158 Å². The first kappa shape index (κ1) is 17.1. The normalized spacial score (nSPS) is 21.3. The van der Waals surface area contributed by atoms with Gasteiger partial charge in [0.1, 0.15) is 0 Å². The molecule has 5 nitrogen and oxygen atoms in total. The van der Waals surface area contributed by atoms with Crippen LogP contribution < -0.4 is 10.1 Å². The number of rotatable bonds is 4. The number of nitrogens with zero attached hydrogens (tertiary/aromatic N) is 3. The molecule has 1 aliphatic heterocycles. The minimum Gasteiger partial charge on any atom is -0.452 e. The molecule has 0 radical (unpaired) electrons. The summed E-state index contributed by atoms with van der Waals surface area (Å²) >= 11 is 1.51. The number of allylic oxidation sites excluding steroid dienone is 2. The van der Waals surface area contributed by atoms with Gasteiger partial charge in [-0.05, 0) is 32.3 Å². The molecule has 1 aromatic heterocycles. The molecule has 0 spiro atoms. The van der Waals surface area contributed by atoms with Gasteiger partial charge in [-0.2, -0.15) is 4.98 Å². The van der Waals surface area contributed by atoms with E-state index in [1.165, 1.54) is 17.3 Å². The molecule has 2 aliphatic rings. The van der Waals surface area contributed by atoms with Crippen LogP contribution in [0.1, 0.15) is 26.2 Å². The average molecular weight is 366 g/mol. The lowest BCUT2D eigenvalue weighted by atomic mass is 9.89. The van der Waals surface area contributed by atoms with Crippen molar-refractivity contribution >= 4 is 17.4 Å². The van der Waals surface area contributed by atoms with Crippen molar-refractivity contribution in [3.63, 3.8) is 0 Å². The number of para-hydroxylation sites is 1. The van der Waals surface area contributed by atoms with Crippen molar-refractivity contribution in [1.29, 1.82) is 0 Å². The molecule has 1 aromatic carbocycles. The third-order valence-corrected chi connectivity index (χ3v) is 5.62. The highest BCUT2D eigenvalue weighted by Gasteiger charge is 2.30. The zero-order valence-corrected chi connectivity index (χ0v) is 15.6. The Bertz CT molecular complexity index is 851. The van der Waals surface area contributed by atoms with Crippen LogP contribution in [0.5, 0.6) is 5.88 Å². The first-order chi connectivity index (χ1) is 12.7. The van der Waals surface area contributed by atoms with E-state index >= 15 is 0 Å². The highest BCUT2D eigenvalue weighted by atomic mass is 32.2. The molecule has 0 fully saturated rings. The molecule has 134 valence electrons. The molecule has 26 heavy (non-hydrogen) atoms. The Morgan fingerprint density at radius 1 is 1.35 bits per heavy atom. The van der Waals surface area contributed by atoms with E-state index in [0.717, 1.165) is 36.3 Å². The summed E-state index contributed by atoms with van der Waals surface area (Å²) in [4.78, 5) is 4.63. The number of ether oxygens (including phenoxy) is 1. The van der Waals surface area contributed by atoms with E-state index in [4.69, 9.17) is 4.74 Å². The molecule has 4 rings (SSSR count). The second-order valence-electron chi connectivity index (χ2n) is 6.66. The van der Waals surface area contributed by atoms with Crippen LogP contribution >= 0.6 is 11.8 Å². The quantitative estimate of drug-likeness (QED) is 0.625. The van der Waals surface area contributed by atoms with Crippen molar-refractivity contribution in [2.45, 2.75) is 37.6 Å². The molecule has 0 saturated heterocycles. The van der Waals surface area contributed by atoms with Crippen LogP contribution in [0.2, 0.25) is 0 Å². The first-order valence-corrected chi connectivity index (χ1v) is 9.90. The van der Waals surface area contributed by atoms with E-state index < -0.39 is 0 Å². The highest BCUT2D eigenvalue weighted by Crippen LogP contribution is 2.39. The minimum atomic E-state index is -0.129. The van der Waals surface area contributed by atoms with Crippen LogP contribution in [0.15, 0.2) is 53.7 Å². The zero-order chi connectivity index (χ0) is 17.9. The molecule has 0 bridgehead atoms. The summed E-state index contributed by atoms with van der Waals surface area (Å²) in [6.45, 7) is 5.94. The summed E-state index contributed by atoms with van der Waals surface area (Å²) in [6.07, 6.45) is 7.25. The van der Waals surface area contributed by atoms with Gasteiger partial charge in [-0.3, -0.25) is 0 Å². The predicted octanol–water partition coefficient (Wildman–Crippen LogP) is 4.69. The van der Waals surface area contributed by atoms with Crippen LogP contribution in [0.3, 0.4) is 0 Å². The molecule has 1 N–H and O–H groups in total. The Kier molecular flexibility index (Phi) is 4.93. The molecular formula is C20H22N4OS. The fraction of sp³-hybridized carbons (Fsp3) is 0.350. The SMILES string of the molecule is C=CCSc1nnc2c(n1)OC(C1CC=C(C)CC1)Nc1ccccc1-2. The van der Waals surface area contributed by atoms with Gasteiger partial charge in [-0.1, -0.05) is 47.7 Å². The van der Waals surface area contributed by atoms with E-state index in [2.05, 4.69) is 46.1 Å². The lowest BCUT2D eigenvalue weighted by Crippen LogP contribution is -2.35. The van der Waals surface area contributed by atoms with Gasteiger partial charge in [-0.15, -0.1) is 16.8 Å². The molecule has 2 atom stereocenters. The standard InChI is InChI=1S/C20H22N4OS/c1-3-12-26-20-22-19-17(23-24-20)15-6-4-5-7-16(15)21-18(25-19)14-10-8-13(2)9-11-14/h3-8,14,18,21H,1,9-12H2,2H3. The fourth-order valence-corrected chi connectivity index (χ4v) is 3.85. The summed E-state index contributed by atoms with van der Waals surface area (Å²) in [5.41, 5.74) is 4.15. The number of benzene rings is 1. The number of hydrogen-bond donors (Lipinski definition) is 1. The Hall–Kier alpha value is -2.34. The van der Waals surface area contributed by atoms with Gasteiger partial charge >= 0.3 is 0 Å². The maximum Gasteiger partial charge on any atom is 0.247 e. The predicted molar refractivity (Wildman–Crippen MR) is 105 cm³/mol. The van der Waals surface area contributed by atoms with Crippen LogP contribution in [0.25, 0.3) is 11.3 Å². The van der Waals surface area contributed by atoms with Crippen LogP contribution in [0.4, 0.5) is 5.69 Å². The lowest BCUT2D eigenvalue weighted by molar-refractivity contribution is 0.145. The van der Waals surface area contributed by atoms with Gasteiger partial charge in [0, 0.05) is 22.9 Å². The molecule has 0 saturated carbocycles. The van der Waals surface area contributed by atoms with Gasteiger partial charge in [0.05, 0.1) is 0 Å². The zero-order valence-electron chi connectivity index (χ0n) is 14.8. The van der Waals surface area contributed by atoms with Crippen molar-refractivity contribution in [2.24, 2.45) is 5.92 Å². The number of anilines is 1. The van der Waals surface area contributed by atoms with Crippen LogP contribution in [0, 0.1) is 5.92 Å². The molecule has 2 aromatic rings. The maximum atomic E-state index is 6.34. The van der Waals surface area contributed by atoms with Crippen molar-refractivity contribution < 1.29 is 4.74 Å². The third kappa shape index (κ3) is 3.46. The largest absolute Gasteiger partial charge is 0.452 e.